The van der Waals surface area contributed by atoms with Gasteiger partial charge in [-0.05, 0) is 54.7 Å². The highest BCUT2D eigenvalue weighted by Gasteiger charge is 2.38. The van der Waals surface area contributed by atoms with E-state index in [0.29, 0.717) is 32.7 Å². The van der Waals surface area contributed by atoms with Crippen LogP contribution in [0.2, 0.25) is 0 Å². The van der Waals surface area contributed by atoms with Crippen LogP contribution in [0, 0.1) is 5.82 Å². The van der Waals surface area contributed by atoms with Crippen molar-refractivity contribution in [1.29, 1.82) is 0 Å². The van der Waals surface area contributed by atoms with Crippen LogP contribution in [0.25, 0.3) is 0 Å². The summed E-state index contributed by atoms with van der Waals surface area (Å²) in [6, 6.07) is 10.5. The van der Waals surface area contributed by atoms with E-state index in [1.165, 1.54) is 12.1 Å². The van der Waals surface area contributed by atoms with Crippen molar-refractivity contribution in [3.8, 4) is 0 Å². The molecule has 7 nitrogen and oxygen atoms in total. The molecular weight excluding hydrogens is 425 g/mol. The van der Waals surface area contributed by atoms with Gasteiger partial charge < -0.3 is 19.9 Å². The molecule has 0 radical (unpaired) electrons. The van der Waals surface area contributed by atoms with Crippen LogP contribution in [0.4, 0.5) is 4.39 Å². The van der Waals surface area contributed by atoms with Crippen molar-refractivity contribution < 1.29 is 23.8 Å². The number of pyridine rings is 1. The third-order valence-corrected chi connectivity index (χ3v) is 6.26. The number of aliphatic hydroxyl groups excluding tert-OH is 1. The number of β-amino-alcohol motifs (C(OH)–C–C–N with tert-alkyl or cyclic N) is 1. The van der Waals surface area contributed by atoms with Gasteiger partial charge in [0.15, 0.2) is 0 Å². The minimum Gasteiger partial charge on any atom is -0.389 e. The zero-order chi connectivity index (χ0) is 23.0. The first kappa shape index (κ1) is 23.8. The predicted octanol–water partition coefficient (Wildman–Crippen LogP) is 2.08. The first-order valence-electron chi connectivity index (χ1n) is 11.6. The average molecular weight is 458 g/mol. The number of fused-ring (bicyclic) bond motifs is 1. The molecule has 0 saturated carbocycles. The molecule has 2 fully saturated rings. The van der Waals surface area contributed by atoms with Gasteiger partial charge in [-0.15, -0.1) is 0 Å². The van der Waals surface area contributed by atoms with E-state index in [0.717, 1.165) is 30.4 Å². The second-order valence-corrected chi connectivity index (χ2v) is 8.85. The van der Waals surface area contributed by atoms with Crippen molar-refractivity contribution in [2.24, 2.45) is 0 Å². The van der Waals surface area contributed by atoms with E-state index in [1.54, 1.807) is 18.5 Å². The summed E-state index contributed by atoms with van der Waals surface area (Å²) in [4.78, 5) is 18.6. The molecule has 0 aliphatic carbocycles. The summed E-state index contributed by atoms with van der Waals surface area (Å²) < 4.78 is 25.7. The van der Waals surface area contributed by atoms with Crippen molar-refractivity contribution in [1.82, 2.24) is 15.2 Å². The highest BCUT2D eigenvalue weighted by molar-refractivity contribution is 5.76. The lowest BCUT2D eigenvalue weighted by Gasteiger charge is -2.44. The largest absolute Gasteiger partial charge is 0.389 e. The van der Waals surface area contributed by atoms with Gasteiger partial charge in [0.2, 0.25) is 5.91 Å². The first-order chi connectivity index (χ1) is 16.1. The Morgan fingerprint density at radius 3 is 2.85 bits per heavy atom. The lowest BCUT2D eigenvalue weighted by molar-refractivity contribution is -0.158. The number of carbonyl (C=O) groups is 1. The number of benzene rings is 1. The summed E-state index contributed by atoms with van der Waals surface area (Å²) in [5, 5.41) is 13.3. The number of rotatable bonds is 7. The molecule has 0 bridgehead atoms. The number of amides is 1. The molecule has 2 saturated heterocycles. The van der Waals surface area contributed by atoms with Crippen LogP contribution in [-0.4, -0.2) is 71.6 Å². The molecule has 4 atom stereocenters. The highest BCUT2D eigenvalue weighted by atomic mass is 19.1. The Balaban J connectivity index is 1.31. The maximum absolute atomic E-state index is 13.7. The number of ether oxygens (including phenoxy) is 2. The van der Waals surface area contributed by atoms with E-state index in [2.05, 4.69) is 15.2 Å². The molecular formula is C25H32FN3O4. The van der Waals surface area contributed by atoms with E-state index in [4.69, 9.17) is 9.47 Å². The SMILES string of the molecule is O=C(C[C@H]1CC[C@@H]2[C@H](COC[C@@H](O)CN2Cc2cccc(F)c2)O1)NCCc1ccncc1. The standard InChI is InChI=1S/C25H32FN3O4/c26-20-3-1-2-19(12-20)14-29-15-21(30)16-32-17-24-23(29)5-4-22(33-24)13-25(31)28-11-8-18-6-9-27-10-7-18/h1-3,6-7,9-10,12,21-24,30H,4-5,8,11,13-17H2,(H,28,31)/t21-,22+,23+,24-/m0/s1. The van der Waals surface area contributed by atoms with Gasteiger partial charge in [-0.1, -0.05) is 12.1 Å². The summed E-state index contributed by atoms with van der Waals surface area (Å²) in [7, 11) is 0. The van der Waals surface area contributed by atoms with Gasteiger partial charge in [0.25, 0.3) is 0 Å². The molecule has 1 aromatic carbocycles. The third kappa shape index (κ3) is 7.04. The van der Waals surface area contributed by atoms with E-state index >= 15 is 0 Å². The molecule has 33 heavy (non-hydrogen) atoms. The average Bonchev–Trinajstić information content (AvgIpc) is 2.79. The minimum atomic E-state index is -0.608. The van der Waals surface area contributed by atoms with E-state index < -0.39 is 6.10 Å². The topological polar surface area (TPSA) is 83.9 Å². The van der Waals surface area contributed by atoms with E-state index in [9.17, 15) is 14.3 Å². The molecule has 2 aliphatic heterocycles. The third-order valence-electron chi connectivity index (χ3n) is 6.26. The van der Waals surface area contributed by atoms with Gasteiger partial charge in [-0.25, -0.2) is 4.39 Å². The lowest BCUT2D eigenvalue weighted by Crippen LogP contribution is -2.55. The Morgan fingerprint density at radius 1 is 1.18 bits per heavy atom. The molecule has 0 spiro atoms. The molecule has 8 heteroatoms. The Bertz CT molecular complexity index is 900. The number of hydrogen-bond acceptors (Lipinski definition) is 6. The van der Waals surface area contributed by atoms with Crippen molar-refractivity contribution >= 4 is 5.91 Å². The summed E-state index contributed by atoms with van der Waals surface area (Å²) in [5.74, 6) is -0.291. The fraction of sp³-hybridized carbons (Fsp3) is 0.520. The fourth-order valence-corrected chi connectivity index (χ4v) is 4.67. The van der Waals surface area contributed by atoms with Crippen LogP contribution in [0.15, 0.2) is 48.8 Å². The van der Waals surface area contributed by atoms with Gasteiger partial charge >= 0.3 is 0 Å². The van der Waals surface area contributed by atoms with E-state index in [1.807, 2.05) is 18.2 Å². The number of carbonyl (C=O) groups excluding carboxylic acids is 1. The van der Waals surface area contributed by atoms with Crippen molar-refractivity contribution in [2.75, 3.05) is 26.3 Å². The number of nitrogens with zero attached hydrogens (tertiary/aromatic N) is 2. The van der Waals surface area contributed by atoms with Crippen LogP contribution in [0.3, 0.4) is 0 Å². The smallest absolute Gasteiger partial charge is 0.222 e. The molecule has 4 rings (SSSR count). The second-order valence-electron chi connectivity index (χ2n) is 8.85. The first-order valence-corrected chi connectivity index (χ1v) is 11.6. The molecule has 2 aromatic rings. The maximum atomic E-state index is 13.7. The highest BCUT2D eigenvalue weighted by Crippen LogP contribution is 2.28. The Labute approximate surface area is 193 Å². The van der Waals surface area contributed by atoms with Crippen LogP contribution in [0.5, 0.6) is 0 Å². The van der Waals surface area contributed by atoms with Gasteiger partial charge in [-0.3, -0.25) is 14.7 Å². The van der Waals surface area contributed by atoms with Crippen molar-refractivity contribution in [3.63, 3.8) is 0 Å². The maximum Gasteiger partial charge on any atom is 0.222 e. The molecule has 178 valence electrons. The summed E-state index contributed by atoms with van der Waals surface area (Å²) in [6.45, 7) is 2.12. The second kappa shape index (κ2) is 11.7. The zero-order valence-corrected chi connectivity index (χ0v) is 18.7. The number of aliphatic hydroxyl groups is 1. The van der Waals surface area contributed by atoms with Gasteiger partial charge in [0.05, 0.1) is 37.9 Å². The number of halogens is 1. The van der Waals surface area contributed by atoms with E-state index in [-0.39, 0.29) is 36.6 Å². The van der Waals surface area contributed by atoms with Crippen LogP contribution >= 0.6 is 0 Å². The molecule has 1 aromatic heterocycles. The summed E-state index contributed by atoms with van der Waals surface area (Å²) in [6.07, 6.45) is 5.16. The zero-order valence-electron chi connectivity index (χ0n) is 18.7. The number of aromatic nitrogens is 1. The minimum absolute atomic E-state index is 0.0219. The monoisotopic (exact) mass is 457 g/mol. The molecule has 2 aliphatic rings. The Kier molecular flexibility index (Phi) is 8.39. The normalized spacial score (nSPS) is 26.1. The van der Waals surface area contributed by atoms with Crippen LogP contribution in [0.1, 0.15) is 30.4 Å². The van der Waals surface area contributed by atoms with Gasteiger partial charge in [-0.2, -0.15) is 0 Å². The molecule has 3 heterocycles. The van der Waals surface area contributed by atoms with Crippen molar-refractivity contribution in [2.45, 2.75) is 56.6 Å². The van der Waals surface area contributed by atoms with Gasteiger partial charge in [0.1, 0.15) is 5.82 Å². The molecule has 0 unspecified atom stereocenters. The van der Waals surface area contributed by atoms with Crippen LogP contribution in [-0.2, 0) is 27.2 Å². The van der Waals surface area contributed by atoms with Crippen LogP contribution < -0.4 is 5.32 Å². The predicted molar refractivity (Wildman–Crippen MR) is 121 cm³/mol. The quantitative estimate of drug-likeness (QED) is 0.663. The van der Waals surface area contributed by atoms with Gasteiger partial charge in [0, 0.05) is 38.1 Å². The Morgan fingerprint density at radius 2 is 2.03 bits per heavy atom. The van der Waals surface area contributed by atoms with Crippen molar-refractivity contribution in [3.05, 3.63) is 65.7 Å². The summed E-state index contributed by atoms with van der Waals surface area (Å²) >= 11 is 0. The number of nitrogens with one attached hydrogen (secondary N) is 1. The molecule has 1 amide bonds. The summed E-state index contributed by atoms with van der Waals surface area (Å²) in [5.41, 5.74) is 1.99. The lowest BCUT2D eigenvalue weighted by atomic mass is 9.94. The fourth-order valence-electron chi connectivity index (χ4n) is 4.67. The molecule has 2 N–H and O–H groups in total. The number of hydrogen-bond donors (Lipinski definition) is 2. The Hall–Kier alpha value is -2.39.